The maximum atomic E-state index is 6.09. The van der Waals surface area contributed by atoms with Gasteiger partial charge in [0.15, 0.2) is 0 Å². The standard InChI is InChI=1S/C15H17ClN2O/c1-19-9-7-12-4-2-3-5-15(12)18-10-13-6-8-17-11-14(13)16/h2-6,8,11,18H,7,9-10H2,1H3. The van der Waals surface area contributed by atoms with E-state index in [0.29, 0.717) is 18.2 Å². The van der Waals surface area contributed by atoms with Crippen LogP contribution in [0.2, 0.25) is 5.02 Å². The Morgan fingerprint density at radius 1 is 1.21 bits per heavy atom. The molecule has 0 aliphatic carbocycles. The topological polar surface area (TPSA) is 34.1 Å². The summed E-state index contributed by atoms with van der Waals surface area (Å²) in [6.07, 6.45) is 4.30. The molecule has 2 rings (SSSR count). The first-order valence-electron chi connectivity index (χ1n) is 6.20. The van der Waals surface area contributed by atoms with Crippen molar-refractivity contribution >= 4 is 17.3 Å². The Morgan fingerprint density at radius 2 is 2.05 bits per heavy atom. The molecule has 1 aromatic heterocycles. The van der Waals surface area contributed by atoms with Gasteiger partial charge >= 0.3 is 0 Å². The van der Waals surface area contributed by atoms with E-state index in [1.807, 2.05) is 18.2 Å². The third-order valence-electron chi connectivity index (χ3n) is 2.92. The fourth-order valence-electron chi connectivity index (χ4n) is 1.86. The molecule has 0 bridgehead atoms. The number of halogens is 1. The largest absolute Gasteiger partial charge is 0.384 e. The fraction of sp³-hybridized carbons (Fsp3) is 0.267. The van der Waals surface area contributed by atoms with Crippen molar-refractivity contribution in [2.45, 2.75) is 13.0 Å². The van der Waals surface area contributed by atoms with E-state index in [-0.39, 0.29) is 0 Å². The minimum Gasteiger partial charge on any atom is -0.384 e. The molecule has 0 saturated carbocycles. The lowest BCUT2D eigenvalue weighted by Crippen LogP contribution is -2.04. The van der Waals surface area contributed by atoms with Crippen molar-refractivity contribution in [1.82, 2.24) is 4.98 Å². The molecular weight excluding hydrogens is 260 g/mol. The second-order valence-electron chi connectivity index (χ2n) is 4.22. The van der Waals surface area contributed by atoms with Crippen molar-refractivity contribution < 1.29 is 4.74 Å². The van der Waals surface area contributed by atoms with Crippen LogP contribution in [0.1, 0.15) is 11.1 Å². The molecule has 2 aromatic rings. The molecule has 1 aromatic carbocycles. The Balaban J connectivity index is 2.05. The number of ether oxygens (including phenoxy) is 1. The number of methoxy groups -OCH3 is 1. The van der Waals surface area contributed by atoms with Crippen molar-refractivity contribution in [3.05, 3.63) is 58.9 Å². The molecule has 1 N–H and O–H groups in total. The molecule has 100 valence electrons. The van der Waals surface area contributed by atoms with E-state index in [0.717, 1.165) is 17.7 Å². The Morgan fingerprint density at radius 3 is 2.84 bits per heavy atom. The average Bonchev–Trinajstić information content (AvgIpc) is 2.45. The number of para-hydroxylation sites is 1. The zero-order valence-electron chi connectivity index (χ0n) is 10.9. The number of rotatable bonds is 6. The SMILES string of the molecule is COCCc1ccccc1NCc1ccncc1Cl. The van der Waals surface area contributed by atoms with Crippen LogP contribution in [0.25, 0.3) is 0 Å². The first kappa shape index (κ1) is 13.8. The number of hydrogen-bond acceptors (Lipinski definition) is 3. The van der Waals surface area contributed by atoms with Crippen LogP contribution in [0.15, 0.2) is 42.7 Å². The Bertz CT molecular complexity index is 531. The summed E-state index contributed by atoms with van der Waals surface area (Å²) in [5, 5.41) is 4.10. The van der Waals surface area contributed by atoms with Crippen molar-refractivity contribution in [3.63, 3.8) is 0 Å². The Kier molecular flexibility index (Phi) is 5.19. The smallest absolute Gasteiger partial charge is 0.0639 e. The molecule has 0 fully saturated rings. The number of nitrogens with one attached hydrogen (secondary N) is 1. The van der Waals surface area contributed by atoms with Crippen LogP contribution in [-0.4, -0.2) is 18.7 Å². The number of benzene rings is 1. The third-order valence-corrected chi connectivity index (χ3v) is 3.26. The highest BCUT2D eigenvalue weighted by Gasteiger charge is 2.03. The van der Waals surface area contributed by atoms with Gasteiger partial charge in [-0.1, -0.05) is 29.8 Å². The van der Waals surface area contributed by atoms with Crippen molar-refractivity contribution in [2.75, 3.05) is 19.0 Å². The summed E-state index contributed by atoms with van der Waals surface area (Å²) in [7, 11) is 1.72. The number of aromatic nitrogens is 1. The van der Waals surface area contributed by atoms with Crippen molar-refractivity contribution in [3.8, 4) is 0 Å². The van der Waals surface area contributed by atoms with E-state index in [2.05, 4.69) is 22.4 Å². The molecule has 4 heteroatoms. The van der Waals surface area contributed by atoms with Crippen LogP contribution in [-0.2, 0) is 17.7 Å². The summed E-state index contributed by atoms with van der Waals surface area (Å²) >= 11 is 6.09. The normalized spacial score (nSPS) is 10.4. The van der Waals surface area contributed by atoms with Gasteiger partial charge in [-0.15, -0.1) is 0 Å². The second kappa shape index (κ2) is 7.12. The molecule has 19 heavy (non-hydrogen) atoms. The first-order chi connectivity index (χ1) is 9.31. The lowest BCUT2D eigenvalue weighted by Gasteiger charge is -2.12. The predicted molar refractivity (Wildman–Crippen MR) is 78.6 cm³/mol. The quantitative estimate of drug-likeness (QED) is 0.876. The summed E-state index contributed by atoms with van der Waals surface area (Å²) in [6, 6.07) is 10.2. The first-order valence-corrected chi connectivity index (χ1v) is 6.58. The number of pyridine rings is 1. The van der Waals surface area contributed by atoms with Gasteiger partial charge < -0.3 is 10.1 Å². The summed E-state index contributed by atoms with van der Waals surface area (Å²) < 4.78 is 5.13. The zero-order chi connectivity index (χ0) is 13.5. The van der Waals surface area contributed by atoms with Crippen LogP contribution in [0.4, 0.5) is 5.69 Å². The van der Waals surface area contributed by atoms with Gasteiger partial charge in [0.1, 0.15) is 0 Å². The van der Waals surface area contributed by atoms with Gasteiger partial charge in [0, 0.05) is 31.7 Å². The highest BCUT2D eigenvalue weighted by molar-refractivity contribution is 6.31. The van der Waals surface area contributed by atoms with Crippen LogP contribution >= 0.6 is 11.6 Å². The van der Waals surface area contributed by atoms with Crippen LogP contribution < -0.4 is 5.32 Å². The summed E-state index contributed by atoms with van der Waals surface area (Å²) in [5.74, 6) is 0. The van der Waals surface area contributed by atoms with Crippen molar-refractivity contribution in [1.29, 1.82) is 0 Å². The van der Waals surface area contributed by atoms with Crippen LogP contribution in [0.3, 0.4) is 0 Å². The molecule has 0 amide bonds. The van der Waals surface area contributed by atoms with Gasteiger partial charge in [0.25, 0.3) is 0 Å². The third kappa shape index (κ3) is 3.94. The van der Waals surface area contributed by atoms with Crippen molar-refractivity contribution in [2.24, 2.45) is 0 Å². The predicted octanol–water partition coefficient (Wildman–Crippen LogP) is 3.54. The van der Waals surface area contributed by atoms with Gasteiger partial charge in [-0.3, -0.25) is 4.98 Å². The van der Waals surface area contributed by atoms with E-state index in [1.165, 1.54) is 5.56 Å². The molecule has 0 aliphatic heterocycles. The van der Waals surface area contributed by atoms with Gasteiger partial charge in [0.05, 0.1) is 11.6 Å². The van der Waals surface area contributed by atoms with Gasteiger partial charge in [-0.2, -0.15) is 0 Å². The van der Waals surface area contributed by atoms with E-state index in [9.17, 15) is 0 Å². The molecule has 0 unspecified atom stereocenters. The Labute approximate surface area is 118 Å². The monoisotopic (exact) mass is 276 g/mol. The zero-order valence-corrected chi connectivity index (χ0v) is 11.7. The number of nitrogens with zero attached hydrogens (tertiary/aromatic N) is 1. The van der Waals surface area contributed by atoms with Gasteiger partial charge in [-0.05, 0) is 29.7 Å². The van der Waals surface area contributed by atoms with Gasteiger partial charge in [0.2, 0.25) is 0 Å². The summed E-state index contributed by atoms with van der Waals surface area (Å²) in [6.45, 7) is 1.40. The lowest BCUT2D eigenvalue weighted by molar-refractivity contribution is 0.202. The minimum absolute atomic E-state index is 0.685. The van der Waals surface area contributed by atoms with E-state index >= 15 is 0 Å². The molecule has 3 nitrogen and oxygen atoms in total. The highest BCUT2D eigenvalue weighted by Crippen LogP contribution is 2.19. The molecule has 0 atom stereocenters. The molecule has 0 radical (unpaired) electrons. The second-order valence-corrected chi connectivity index (χ2v) is 4.63. The van der Waals surface area contributed by atoms with Crippen LogP contribution in [0, 0.1) is 0 Å². The lowest BCUT2D eigenvalue weighted by atomic mass is 10.1. The summed E-state index contributed by atoms with van der Waals surface area (Å²) in [5.41, 5.74) is 3.40. The minimum atomic E-state index is 0.685. The molecule has 0 aliphatic rings. The van der Waals surface area contributed by atoms with Gasteiger partial charge in [-0.25, -0.2) is 0 Å². The van der Waals surface area contributed by atoms with Crippen LogP contribution in [0.5, 0.6) is 0 Å². The molecule has 1 heterocycles. The van der Waals surface area contributed by atoms with E-state index in [4.69, 9.17) is 16.3 Å². The maximum Gasteiger partial charge on any atom is 0.0639 e. The Hall–Kier alpha value is -1.58. The fourth-order valence-corrected chi connectivity index (χ4v) is 2.05. The molecular formula is C15H17ClN2O. The number of hydrogen-bond donors (Lipinski definition) is 1. The molecule has 0 saturated heterocycles. The summed E-state index contributed by atoms with van der Waals surface area (Å²) in [4.78, 5) is 3.98. The van der Waals surface area contributed by atoms with E-state index in [1.54, 1.807) is 19.5 Å². The molecule has 0 spiro atoms. The maximum absolute atomic E-state index is 6.09. The highest BCUT2D eigenvalue weighted by atomic mass is 35.5. The van der Waals surface area contributed by atoms with E-state index < -0.39 is 0 Å². The number of anilines is 1. The average molecular weight is 277 g/mol.